The van der Waals surface area contributed by atoms with E-state index in [4.69, 9.17) is 4.42 Å². The van der Waals surface area contributed by atoms with Gasteiger partial charge in [0.2, 0.25) is 0 Å². The zero-order valence-electron chi connectivity index (χ0n) is 16.4. The van der Waals surface area contributed by atoms with Crippen LogP contribution < -0.4 is 15.8 Å². The second-order valence-electron chi connectivity index (χ2n) is 6.61. The Morgan fingerprint density at radius 3 is 2.41 bits per heavy atom. The van der Waals surface area contributed by atoms with Crippen LogP contribution in [0.4, 0.5) is 5.69 Å². The second kappa shape index (κ2) is 8.72. The summed E-state index contributed by atoms with van der Waals surface area (Å²) in [5.41, 5.74) is 0.585. The summed E-state index contributed by atoms with van der Waals surface area (Å²) >= 11 is 0. The first-order chi connectivity index (χ1) is 13.9. The molecule has 3 rings (SSSR count). The number of imide groups is 1. The molecule has 0 fully saturated rings. The Kier molecular flexibility index (Phi) is 6.11. The number of carbonyl (C=O) groups excluding carboxylic acids is 3. The highest BCUT2D eigenvalue weighted by atomic mass is 16.4. The standard InChI is InChI=1S/C21H23N3O5/c1-3-23(4-2)15-7-6-14-12-16(21(28)29-17(14)13-15)20(27)22-10-5-11-24-18(25)8-9-19(24)26/h6-9,12-13H,3-5,10-11H2,1-2H3,(H,22,27). The molecule has 1 aliphatic heterocycles. The average Bonchev–Trinajstić information content (AvgIpc) is 3.03. The highest BCUT2D eigenvalue weighted by Crippen LogP contribution is 2.22. The molecule has 0 aliphatic carbocycles. The molecule has 0 spiro atoms. The monoisotopic (exact) mass is 397 g/mol. The fourth-order valence-corrected chi connectivity index (χ4v) is 3.23. The van der Waals surface area contributed by atoms with Gasteiger partial charge in [-0.1, -0.05) is 0 Å². The van der Waals surface area contributed by atoms with Crippen molar-refractivity contribution in [2.24, 2.45) is 0 Å². The topological polar surface area (TPSA) is 99.9 Å². The van der Waals surface area contributed by atoms with E-state index >= 15 is 0 Å². The molecule has 3 amide bonds. The van der Waals surface area contributed by atoms with E-state index in [2.05, 4.69) is 10.2 Å². The molecule has 0 atom stereocenters. The molecule has 0 saturated carbocycles. The maximum Gasteiger partial charge on any atom is 0.349 e. The molecule has 1 aromatic heterocycles. The minimum atomic E-state index is -0.708. The van der Waals surface area contributed by atoms with Crippen molar-refractivity contribution in [3.05, 3.63) is 52.4 Å². The van der Waals surface area contributed by atoms with Crippen LogP contribution in [-0.4, -0.2) is 48.8 Å². The van der Waals surface area contributed by atoms with Crippen molar-refractivity contribution in [3.8, 4) is 0 Å². The number of hydrogen-bond acceptors (Lipinski definition) is 6. The van der Waals surface area contributed by atoms with Gasteiger partial charge in [-0.3, -0.25) is 19.3 Å². The molecule has 8 nitrogen and oxygen atoms in total. The van der Waals surface area contributed by atoms with Gasteiger partial charge >= 0.3 is 5.63 Å². The third kappa shape index (κ3) is 4.37. The molecule has 8 heteroatoms. The lowest BCUT2D eigenvalue weighted by atomic mass is 10.1. The van der Waals surface area contributed by atoms with Crippen molar-refractivity contribution in [1.82, 2.24) is 10.2 Å². The molecular formula is C21H23N3O5. The van der Waals surface area contributed by atoms with Gasteiger partial charge in [0.15, 0.2) is 0 Å². The van der Waals surface area contributed by atoms with Gasteiger partial charge in [-0.15, -0.1) is 0 Å². The number of anilines is 1. The summed E-state index contributed by atoms with van der Waals surface area (Å²) in [5.74, 6) is -1.27. The highest BCUT2D eigenvalue weighted by molar-refractivity contribution is 6.12. The number of hydrogen-bond donors (Lipinski definition) is 1. The van der Waals surface area contributed by atoms with Gasteiger partial charge < -0.3 is 14.6 Å². The lowest BCUT2D eigenvalue weighted by Crippen LogP contribution is -2.34. The number of carbonyl (C=O) groups is 3. The number of fused-ring (bicyclic) bond motifs is 1. The summed E-state index contributed by atoms with van der Waals surface area (Å²) in [6.07, 6.45) is 2.82. The lowest BCUT2D eigenvalue weighted by Gasteiger charge is -2.21. The Labute approximate surface area is 167 Å². The van der Waals surface area contributed by atoms with Gasteiger partial charge in [0.25, 0.3) is 17.7 Å². The third-order valence-corrected chi connectivity index (χ3v) is 4.84. The van der Waals surface area contributed by atoms with Crippen molar-refractivity contribution in [2.45, 2.75) is 20.3 Å². The summed E-state index contributed by atoms with van der Waals surface area (Å²) in [5, 5.41) is 3.29. The maximum absolute atomic E-state index is 12.4. The average molecular weight is 397 g/mol. The van der Waals surface area contributed by atoms with Crippen LogP contribution in [0.25, 0.3) is 11.0 Å². The van der Waals surface area contributed by atoms with E-state index in [1.165, 1.54) is 18.2 Å². The molecule has 1 aromatic carbocycles. The Morgan fingerprint density at radius 2 is 1.76 bits per heavy atom. The van der Waals surface area contributed by atoms with Crippen LogP contribution in [0.5, 0.6) is 0 Å². The van der Waals surface area contributed by atoms with Crippen molar-refractivity contribution in [1.29, 1.82) is 0 Å². The molecule has 152 valence electrons. The first-order valence-corrected chi connectivity index (χ1v) is 9.59. The number of nitrogens with one attached hydrogen (secondary N) is 1. The molecule has 0 radical (unpaired) electrons. The van der Waals surface area contributed by atoms with Crippen molar-refractivity contribution < 1.29 is 18.8 Å². The predicted molar refractivity (Wildman–Crippen MR) is 109 cm³/mol. The van der Waals surface area contributed by atoms with Crippen LogP contribution >= 0.6 is 0 Å². The number of nitrogens with zero attached hydrogens (tertiary/aromatic N) is 2. The quantitative estimate of drug-likeness (QED) is 0.413. The third-order valence-electron chi connectivity index (χ3n) is 4.84. The Bertz CT molecular complexity index is 1020. The molecular weight excluding hydrogens is 374 g/mol. The smallest absolute Gasteiger partial charge is 0.349 e. The van der Waals surface area contributed by atoms with Crippen molar-refractivity contribution in [2.75, 3.05) is 31.1 Å². The van der Waals surface area contributed by atoms with Gasteiger partial charge in [0.1, 0.15) is 11.1 Å². The van der Waals surface area contributed by atoms with E-state index in [9.17, 15) is 19.2 Å². The summed E-state index contributed by atoms with van der Waals surface area (Å²) < 4.78 is 5.36. The Hall–Kier alpha value is -3.42. The van der Waals surface area contributed by atoms with Gasteiger partial charge in [-0.25, -0.2) is 4.79 Å². The van der Waals surface area contributed by atoms with Gasteiger partial charge in [0.05, 0.1) is 0 Å². The zero-order valence-corrected chi connectivity index (χ0v) is 16.4. The molecule has 1 aliphatic rings. The van der Waals surface area contributed by atoms with Crippen LogP contribution in [0.1, 0.15) is 30.6 Å². The van der Waals surface area contributed by atoms with E-state index in [0.717, 1.165) is 23.7 Å². The lowest BCUT2D eigenvalue weighted by molar-refractivity contribution is -0.136. The predicted octanol–water partition coefficient (Wildman–Crippen LogP) is 1.68. The molecule has 0 unspecified atom stereocenters. The number of benzene rings is 1. The SMILES string of the molecule is CCN(CC)c1ccc2cc(C(=O)NCCCN3C(=O)C=CC3=O)c(=O)oc2c1. The summed E-state index contributed by atoms with van der Waals surface area (Å²) in [6.45, 7) is 6.17. The van der Waals surface area contributed by atoms with Gasteiger partial charge in [0, 0.05) is 55.5 Å². The summed E-state index contributed by atoms with van der Waals surface area (Å²) in [7, 11) is 0. The van der Waals surface area contributed by atoms with Crippen molar-refractivity contribution >= 4 is 34.4 Å². The highest BCUT2D eigenvalue weighted by Gasteiger charge is 2.22. The Balaban J connectivity index is 1.66. The van der Waals surface area contributed by atoms with Gasteiger partial charge in [-0.05, 0) is 38.5 Å². The summed E-state index contributed by atoms with van der Waals surface area (Å²) in [6, 6.07) is 7.05. The summed E-state index contributed by atoms with van der Waals surface area (Å²) in [4.78, 5) is 50.8. The fraction of sp³-hybridized carbons (Fsp3) is 0.333. The van der Waals surface area contributed by atoms with E-state index in [1.807, 2.05) is 26.0 Å². The van der Waals surface area contributed by atoms with Crippen molar-refractivity contribution in [3.63, 3.8) is 0 Å². The number of amides is 3. The van der Waals surface area contributed by atoms with E-state index in [1.54, 1.807) is 6.07 Å². The second-order valence-corrected chi connectivity index (χ2v) is 6.61. The molecule has 0 bridgehead atoms. The molecule has 1 N–H and O–H groups in total. The molecule has 2 heterocycles. The van der Waals surface area contributed by atoms with Crippen LogP contribution in [0, 0.1) is 0 Å². The maximum atomic E-state index is 12.4. The zero-order chi connectivity index (χ0) is 21.0. The normalized spacial score (nSPS) is 13.4. The van der Waals surface area contributed by atoms with Crippen LogP contribution in [0.3, 0.4) is 0 Å². The van der Waals surface area contributed by atoms with Gasteiger partial charge in [-0.2, -0.15) is 0 Å². The largest absolute Gasteiger partial charge is 0.422 e. The minimum absolute atomic E-state index is 0.0805. The Morgan fingerprint density at radius 1 is 1.07 bits per heavy atom. The first-order valence-electron chi connectivity index (χ1n) is 9.59. The van der Waals surface area contributed by atoms with E-state index in [0.29, 0.717) is 17.4 Å². The number of rotatable bonds is 8. The minimum Gasteiger partial charge on any atom is -0.422 e. The van der Waals surface area contributed by atoms with E-state index in [-0.39, 0.29) is 30.5 Å². The molecule has 2 aromatic rings. The van der Waals surface area contributed by atoms with Crippen LogP contribution in [-0.2, 0) is 9.59 Å². The fourth-order valence-electron chi connectivity index (χ4n) is 3.23. The molecule has 29 heavy (non-hydrogen) atoms. The van der Waals surface area contributed by atoms with Crippen LogP contribution in [0.15, 0.2) is 45.6 Å². The first kappa shape index (κ1) is 20.3. The molecule has 0 saturated heterocycles. The van der Waals surface area contributed by atoms with E-state index < -0.39 is 11.5 Å². The van der Waals surface area contributed by atoms with Crippen LogP contribution in [0.2, 0.25) is 0 Å².